The van der Waals surface area contributed by atoms with Crippen LogP contribution in [0.25, 0.3) is 11.1 Å². The summed E-state index contributed by atoms with van der Waals surface area (Å²) in [4.78, 5) is 26.7. The molecular formula is C12H11N3O3. The lowest BCUT2D eigenvalue weighted by molar-refractivity contribution is -0.118. The van der Waals surface area contributed by atoms with Crippen molar-refractivity contribution < 1.29 is 9.21 Å². The molecule has 1 N–H and O–H groups in total. The fraction of sp³-hybridized carbons (Fsp3) is 0.250. The van der Waals surface area contributed by atoms with Gasteiger partial charge in [0.25, 0.3) is 0 Å². The SMILES string of the molecule is CN(C(=O)CCC#N)c1ccc2oc(=O)[nH]c2c1. The fourth-order valence-electron chi connectivity index (χ4n) is 1.62. The Balaban J connectivity index is 2.27. The highest BCUT2D eigenvalue weighted by Gasteiger charge is 2.12. The molecule has 2 rings (SSSR count). The van der Waals surface area contributed by atoms with Crippen LogP contribution in [0.2, 0.25) is 0 Å². The minimum Gasteiger partial charge on any atom is -0.408 e. The van der Waals surface area contributed by atoms with E-state index < -0.39 is 5.76 Å². The van der Waals surface area contributed by atoms with Gasteiger partial charge in [-0.1, -0.05) is 0 Å². The van der Waals surface area contributed by atoms with Crippen molar-refractivity contribution in [2.24, 2.45) is 0 Å². The lowest BCUT2D eigenvalue weighted by atomic mass is 10.2. The summed E-state index contributed by atoms with van der Waals surface area (Å²) in [5, 5.41) is 8.44. The summed E-state index contributed by atoms with van der Waals surface area (Å²) in [6, 6.07) is 6.89. The van der Waals surface area contributed by atoms with Crippen molar-refractivity contribution in [1.29, 1.82) is 5.26 Å². The summed E-state index contributed by atoms with van der Waals surface area (Å²) in [5.74, 6) is -0.678. The third kappa shape index (κ3) is 2.25. The first-order valence-electron chi connectivity index (χ1n) is 5.38. The number of hydrogen-bond acceptors (Lipinski definition) is 4. The van der Waals surface area contributed by atoms with Gasteiger partial charge in [-0.15, -0.1) is 0 Å². The van der Waals surface area contributed by atoms with E-state index in [1.807, 2.05) is 6.07 Å². The topological polar surface area (TPSA) is 90.1 Å². The van der Waals surface area contributed by atoms with Gasteiger partial charge in [0.15, 0.2) is 5.58 Å². The zero-order chi connectivity index (χ0) is 13.1. The van der Waals surface area contributed by atoms with Crippen LogP contribution in [0, 0.1) is 11.3 Å². The summed E-state index contributed by atoms with van der Waals surface area (Å²) >= 11 is 0. The molecule has 1 aromatic carbocycles. The average Bonchev–Trinajstić information content (AvgIpc) is 2.73. The number of aromatic nitrogens is 1. The first kappa shape index (κ1) is 11.9. The standard InChI is InChI=1S/C12H11N3O3/c1-15(11(16)3-2-6-13)8-4-5-10-9(7-8)14-12(17)18-10/h4-5,7H,2-3H2,1H3,(H,14,17). The fourth-order valence-corrected chi connectivity index (χ4v) is 1.62. The number of rotatable bonds is 3. The number of carbonyl (C=O) groups is 1. The van der Waals surface area contributed by atoms with Crippen LogP contribution in [0.3, 0.4) is 0 Å². The lowest BCUT2D eigenvalue weighted by Gasteiger charge is -2.16. The second-order valence-electron chi connectivity index (χ2n) is 3.81. The number of benzene rings is 1. The van der Waals surface area contributed by atoms with Crippen molar-refractivity contribution in [3.63, 3.8) is 0 Å². The molecule has 0 spiro atoms. The molecule has 18 heavy (non-hydrogen) atoms. The molecule has 0 atom stereocenters. The van der Waals surface area contributed by atoms with E-state index in [0.29, 0.717) is 16.8 Å². The van der Waals surface area contributed by atoms with E-state index in [9.17, 15) is 9.59 Å². The van der Waals surface area contributed by atoms with Crippen LogP contribution in [-0.4, -0.2) is 17.9 Å². The molecule has 2 aromatic rings. The number of hydrogen-bond donors (Lipinski definition) is 1. The second-order valence-corrected chi connectivity index (χ2v) is 3.81. The maximum atomic E-state index is 11.7. The highest BCUT2D eigenvalue weighted by molar-refractivity contribution is 5.94. The number of anilines is 1. The summed E-state index contributed by atoms with van der Waals surface area (Å²) in [5.41, 5.74) is 1.63. The van der Waals surface area contributed by atoms with Gasteiger partial charge >= 0.3 is 5.76 Å². The maximum Gasteiger partial charge on any atom is 0.417 e. The van der Waals surface area contributed by atoms with Crippen LogP contribution in [0.5, 0.6) is 0 Å². The number of amides is 1. The molecule has 0 aliphatic carbocycles. The van der Waals surface area contributed by atoms with Crippen LogP contribution in [0.15, 0.2) is 27.4 Å². The smallest absolute Gasteiger partial charge is 0.408 e. The monoisotopic (exact) mass is 245 g/mol. The minimum absolute atomic E-state index is 0.151. The number of nitriles is 1. The molecule has 0 saturated heterocycles. The van der Waals surface area contributed by atoms with Gasteiger partial charge in [0, 0.05) is 25.6 Å². The third-order valence-electron chi connectivity index (χ3n) is 2.61. The Morgan fingerprint density at radius 2 is 2.33 bits per heavy atom. The highest BCUT2D eigenvalue weighted by Crippen LogP contribution is 2.19. The first-order chi connectivity index (χ1) is 8.61. The largest absolute Gasteiger partial charge is 0.417 e. The van der Waals surface area contributed by atoms with E-state index in [2.05, 4.69) is 4.98 Å². The van der Waals surface area contributed by atoms with Crippen molar-refractivity contribution in [3.05, 3.63) is 28.7 Å². The summed E-state index contributed by atoms with van der Waals surface area (Å²) < 4.78 is 4.87. The van der Waals surface area contributed by atoms with Crippen molar-refractivity contribution in [3.8, 4) is 6.07 Å². The van der Waals surface area contributed by atoms with E-state index in [4.69, 9.17) is 9.68 Å². The average molecular weight is 245 g/mol. The van der Waals surface area contributed by atoms with Gasteiger partial charge in [-0.05, 0) is 18.2 Å². The Morgan fingerprint density at radius 1 is 1.56 bits per heavy atom. The van der Waals surface area contributed by atoms with Crippen LogP contribution in [-0.2, 0) is 4.79 Å². The molecule has 0 fully saturated rings. The van der Waals surface area contributed by atoms with Crippen molar-refractivity contribution in [1.82, 2.24) is 4.98 Å². The minimum atomic E-state index is -0.527. The third-order valence-corrected chi connectivity index (χ3v) is 2.61. The number of H-pyrrole nitrogens is 1. The van der Waals surface area contributed by atoms with Gasteiger partial charge in [0.1, 0.15) is 0 Å². The van der Waals surface area contributed by atoms with Gasteiger partial charge in [-0.3, -0.25) is 9.78 Å². The molecule has 0 aliphatic heterocycles. The van der Waals surface area contributed by atoms with Crippen LogP contribution < -0.4 is 10.7 Å². The van der Waals surface area contributed by atoms with Gasteiger partial charge in [0.05, 0.1) is 11.6 Å². The van der Waals surface area contributed by atoms with E-state index in [1.54, 1.807) is 25.2 Å². The molecule has 92 valence electrons. The Labute approximate surface area is 102 Å². The van der Waals surface area contributed by atoms with E-state index in [0.717, 1.165) is 0 Å². The van der Waals surface area contributed by atoms with Gasteiger partial charge in [-0.2, -0.15) is 5.26 Å². The predicted molar refractivity (Wildman–Crippen MR) is 65.1 cm³/mol. The predicted octanol–water partition coefficient (Wildman–Crippen LogP) is 1.39. The van der Waals surface area contributed by atoms with Crippen molar-refractivity contribution in [2.75, 3.05) is 11.9 Å². The molecule has 6 nitrogen and oxygen atoms in total. The molecule has 0 unspecified atom stereocenters. The highest BCUT2D eigenvalue weighted by atomic mass is 16.4. The molecule has 6 heteroatoms. The number of oxazole rings is 1. The number of nitrogens with one attached hydrogen (secondary N) is 1. The maximum absolute atomic E-state index is 11.7. The normalized spacial score (nSPS) is 10.2. The van der Waals surface area contributed by atoms with Crippen LogP contribution in [0.4, 0.5) is 5.69 Å². The van der Waals surface area contributed by atoms with Crippen molar-refractivity contribution >= 4 is 22.7 Å². The van der Waals surface area contributed by atoms with Crippen LogP contribution in [0.1, 0.15) is 12.8 Å². The van der Waals surface area contributed by atoms with Gasteiger partial charge < -0.3 is 9.32 Å². The number of nitrogens with zero attached hydrogens (tertiary/aromatic N) is 2. The molecule has 1 amide bonds. The Morgan fingerprint density at radius 3 is 3.06 bits per heavy atom. The molecule has 1 heterocycles. The molecule has 0 radical (unpaired) electrons. The first-order valence-corrected chi connectivity index (χ1v) is 5.38. The lowest BCUT2D eigenvalue weighted by Crippen LogP contribution is -2.25. The van der Waals surface area contributed by atoms with E-state index >= 15 is 0 Å². The van der Waals surface area contributed by atoms with E-state index in [1.165, 1.54) is 4.90 Å². The summed E-state index contributed by atoms with van der Waals surface area (Å²) in [7, 11) is 1.62. The number of carbonyl (C=O) groups excluding carboxylic acids is 1. The van der Waals surface area contributed by atoms with E-state index in [-0.39, 0.29) is 18.7 Å². The Hall–Kier alpha value is -2.55. The second kappa shape index (κ2) is 4.75. The molecule has 1 aromatic heterocycles. The molecule has 0 saturated carbocycles. The zero-order valence-electron chi connectivity index (χ0n) is 9.77. The Bertz CT molecular complexity index is 678. The molecule has 0 aliphatic rings. The molecule has 0 bridgehead atoms. The number of fused-ring (bicyclic) bond motifs is 1. The Kier molecular flexibility index (Phi) is 3.15. The number of aromatic amines is 1. The van der Waals surface area contributed by atoms with Gasteiger partial charge in [-0.25, -0.2) is 4.79 Å². The summed E-state index contributed by atoms with van der Waals surface area (Å²) in [6.07, 6.45) is 0.362. The molecular weight excluding hydrogens is 234 g/mol. The van der Waals surface area contributed by atoms with Crippen LogP contribution >= 0.6 is 0 Å². The van der Waals surface area contributed by atoms with Crippen molar-refractivity contribution in [2.45, 2.75) is 12.8 Å². The summed E-state index contributed by atoms with van der Waals surface area (Å²) in [6.45, 7) is 0. The quantitative estimate of drug-likeness (QED) is 0.884. The zero-order valence-corrected chi connectivity index (χ0v) is 9.77. The van der Waals surface area contributed by atoms with Gasteiger partial charge in [0.2, 0.25) is 5.91 Å².